The molecule has 0 saturated carbocycles. The average molecular weight is 291 g/mol. The van der Waals surface area contributed by atoms with Gasteiger partial charge in [-0.3, -0.25) is 0 Å². The Morgan fingerprint density at radius 2 is 1.06 bits per heavy atom. The Bertz CT molecular complexity index is 202. The van der Waals surface area contributed by atoms with Crippen LogP contribution in [0.25, 0.3) is 0 Å². The quantitative estimate of drug-likeness (QED) is 0.771. The summed E-state index contributed by atoms with van der Waals surface area (Å²) in [6, 6.07) is 0. The Morgan fingerprint density at radius 3 is 1.33 bits per heavy atom. The van der Waals surface area contributed by atoms with Crippen LogP contribution in [0.1, 0.15) is 53.4 Å². The fourth-order valence-electron chi connectivity index (χ4n) is 2.28. The standard InChI is InChI=1S/C14H30N2S2/c1-5-13(6-2)11-15-9-10-16-12-14(7-3,8-4)18-17-13/h15-16H,5-12H2,1-4H3. The highest BCUT2D eigenvalue weighted by atomic mass is 33.1. The van der Waals surface area contributed by atoms with Gasteiger partial charge in [-0.15, -0.1) is 0 Å². The molecule has 0 amide bonds. The number of hydrogen-bond donors (Lipinski definition) is 2. The molecule has 4 heteroatoms. The predicted octanol–water partition coefficient (Wildman–Crippen LogP) is 3.68. The molecule has 0 aromatic carbocycles. The Hall–Kier alpha value is 0.620. The van der Waals surface area contributed by atoms with Crippen molar-refractivity contribution in [3.8, 4) is 0 Å². The zero-order valence-electron chi connectivity index (χ0n) is 12.5. The zero-order valence-corrected chi connectivity index (χ0v) is 14.1. The van der Waals surface area contributed by atoms with Crippen molar-refractivity contribution in [3.63, 3.8) is 0 Å². The summed E-state index contributed by atoms with van der Waals surface area (Å²) in [6.45, 7) is 13.8. The average Bonchev–Trinajstić information content (AvgIpc) is 2.44. The van der Waals surface area contributed by atoms with Crippen LogP contribution in [0.4, 0.5) is 0 Å². The lowest BCUT2D eigenvalue weighted by Crippen LogP contribution is -2.44. The van der Waals surface area contributed by atoms with Gasteiger partial charge in [-0.1, -0.05) is 49.3 Å². The molecule has 108 valence electrons. The van der Waals surface area contributed by atoms with Crippen LogP contribution >= 0.6 is 21.6 Å². The second kappa shape index (κ2) is 8.03. The minimum atomic E-state index is 0.414. The maximum atomic E-state index is 3.61. The van der Waals surface area contributed by atoms with E-state index < -0.39 is 0 Å². The van der Waals surface area contributed by atoms with Crippen molar-refractivity contribution in [3.05, 3.63) is 0 Å². The molecule has 1 rings (SSSR count). The van der Waals surface area contributed by atoms with Crippen LogP contribution in [-0.4, -0.2) is 35.7 Å². The summed E-state index contributed by atoms with van der Waals surface area (Å²) in [5.41, 5.74) is 0. The van der Waals surface area contributed by atoms with E-state index >= 15 is 0 Å². The molecule has 0 unspecified atom stereocenters. The molecule has 1 aliphatic heterocycles. The maximum Gasteiger partial charge on any atom is 0.0382 e. The fraction of sp³-hybridized carbons (Fsp3) is 1.00. The van der Waals surface area contributed by atoms with E-state index in [1.54, 1.807) is 0 Å². The molecule has 0 atom stereocenters. The molecule has 1 aliphatic rings. The van der Waals surface area contributed by atoms with Crippen LogP contribution in [0.2, 0.25) is 0 Å². The Balaban J connectivity index is 2.76. The first-order valence-electron chi connectivity index (χ1n) is 7.44. The SMILES string of the molecule is CCC1(CC)CNCCNCC(CC)(CC)SS1. The van der Waals surface area contributed by atoms with Crippen LogP contribution < -0.4 is 10.6 Å². The van der Waals surface area contributed by atoms with E-state index in [1.165, 1.54) is 25.7 Å². The summed E-state index contributed by atoms with van der Waals surface area (Å²) in [4.78, 5) is 0. The smallest absolute Gasteiger partial charge is 0.0382 e. The largest absolute Gasteiger partial charge is 0.314 e. The second-order valence-electron chi connectivity index (χ2n) is 5.30. The van der Waals surface area contributed by atoms with Gasteiger partial charge in [0.25, 0.3) is 0 Å². The first-order valence-corrected chi connectivity index (χ1v) is 9.59. The predicted molar refractivity (Wildman–Crippen MR) is 87.5 cm³/mol. The van der Waals surface area contributed by atoms with Crippen molar-refractivity contribution < 1.29 is 0 Å². The monoisotopic (exact) mass is 290 g/mol. The number of hydrogen-bond acceptors (Lipinski definition) is 4. The van der Waals surface area contributed by atoms with Crippen LogP contribution in [0.3, 0.4) is 0 Å². The summed E-state index contributed by atoms with van der Waals surface area (Å²) >= 11 is 0. The minimum absolute atomic E-state index is 0.414. The third-order valence-corrected chi connectivity index (χ3v) is 8.95. The highest BCUT2D eigenvalue weighted by Crippen LogP contribution is 2.49. The van der Waals surface area contributed by atoms with Crippen LogP contribution in [0, 0.1) is 0 Å². The summed E-state index contributed by atoms with van der Waals surface area (Å²) in [5, 5.41) is 7.23. The summed E-state index contributed by atoms with van der Waals surface area (Å²) in [5.74, 6) is 0. The second-order valence-corrected chi connectivity index (χ2v) is 8.37. The lowest BCUT2D eigenvalue weighted by atomic mass is 10.0. The zero-order chi connectivity index (χ0) is 13.5. The van der Waals surface area contributed by atoms with E-state index in [9.17, 15) is 0 Å². The molecule has 0 aromatic rings. The maximum absolute atomic E-state index is 3.61. The fourth-order valence-corrected chi connectivity index (χ4v) is 6.26. The van der Waals surface area contributed by atoms with E-state index in [-0.39, 0.29) is 0 Å². The lowest BCUT2D eigenvalue weighted by molar-refractivity contribution is 0.463. The number of rotatable bonds is 4. The van der Waals surface area contributed by atoms with Crippen molar-refractivity contribution in [2.75, 3.05) is 26.2 Å². The first kappa shape index (κ1) is 16.7. The van der Waals surface area contributed by atoms with Crippen molar-refractivity contribution in [2.45, 2.75) is 62.9 Å². The molecule has 0 aliphatic carbocycles. The highest BCUT2D eigenvalue weighted by Gasteiger charge is 2.34. The number of nitrogens with one attached hydrogen (secondary N) is 2. The molecular weight excluding hydrogens is 260 g/mol. The molecule has 0 bridgehead atoms. The molecule has 0 aromatic heterocycles. The van der Waals surface area contributed by atoms with Crippen LogP contribution in [-0.2, 0) is 0 Å². The summed E-state index contributed by atoms with van der Waals surface area (Å²) in [6.07, 6.45) is 5.02. The summed E-state index contributed by atoms with van der Waals surface area (Å²) in [7, 11) is 4.28. The molecule has 2 nitrogen and oxygen atoms in total. The van der Waals surface area contributed by atoms with Crippen molar-refractivity contribution >= 4 is 21.6 Å². The van der Waals surface area contributed by atoms with Crippen molar-refractivity contribution in [2.24, 2.45) is 0 Å². The lowest BCUT2D eigenvalue weighted by Gasteiger charge is -2.38. The molecule has 1 saturated heterocycles. The Kier molecular flexibility index (Phi) is 7.44. The third-order valence-electron chi connectivity index (χ3n) is 4.35. The molecule has 1 heterocycles. The van der Waals surface area contributed by atoms with E-state index in [4.69, 9.17) is 0 Å². The molecule has 0 spiro atoms. The van der Waals surface area contributed by atoms with Crippen molar-refractivity contribution in [1.29, 1.82) is 0 Å². The van der Waals surface area contributed by atoms with E-state index in [0.717, 1.165) is 26.2 Å². The van der Waals surface area contributed by atoms with Gasteiger partial charge in [0, 0.05) is 35.7 Å². The van der Waals surface area contributed by atoms with Gasteiger partial charge in [-0.2, -0.15) is 0 Å². The van der Waals surface area contributed by atoms with E-state index in [2.05, 4.69) is 59.9 Å². The van der Waals surface area contributed by atoms with Crippen molar-refractivity contribution in [1.82, 2.24) is 10.6 Å². The van der Waals surface area contributed by atoms with Gasteiger partial charge in [0.1, 0.15) is 0 Å². The first-order chi connectivity index (χ1) is 8.66. The topological polar surface area (TPSA) is 24.1 Å². The van der Waals surface area contributed by atoms with E-state index in [1.807, 2.05) is 0 Å². The Labute approximate surface area is 121 Å². The van der Waals surface area contributed by atoms with Gasteiger partial charge in [0.15, 0.2) is 0 Å². The normalized spacial score (nSPS) is 24.7. The van der Waals surface area contributed by atoms with Gasteiger partial charge >= 0.3 is 0 Å². The molecule has 0 radical (unpaired) electrons. The van der Waals surface area contributed by atoms with Gasteiger partial charge in [0.05, 0.1) is 0 Å². The highest BCUT2D eigenvalue weighted by molar-refractivity contribution is 8.77. The Morgan fingerprint density at radius 1 is 0.722 bits per heavy atom. The molecular formula is C14H30N2S2. The van der Waals surface area contributed by atoms with Gasteiger partial charge in [-0.05, 0) is 25.7 Å². The van der Waals surface area contributed by atoms with E-state index in [0.29, 0.717) is 9.49 Å². The third kappa shape index (κ3) is 4.32. The van der Waals surface area contributed by atoms with Gasteiger partial charge < -0.3 is 10.6 Å². The molecule has 1 fully saturated rings. The minimum Gasteiger partial charge on any atom is -0.314 e. The summed E-state index contributed by atoms with van der Waals surface area (Å²) < 4.78 is 0.829. The van der Waals surface area contributed by atoms with Crippen LogP contribution in [0.5, 0.6) is 0 Å². The van der Waals surface area contributed by atoms with Gasteiger partial charge in [-0.25, -0.2) is 0 Å². The molecule has 2 N–H and O–H groups in total. The van der Waals surface area contributed by atoms with Gasteiger partial charge in [0.2, 0.25) is 0 Å². The molecule has 18 heavy (non-hydrogen) atoms. The van der Waals surface area contributed by atoms with Crippen LogP contribution in [0.15, 0.2) is 0 Å².